The first kappa shape index (κ1) is 21.2. The SMILES string of the molecule is C=C(O)c1cc(F)ccc1NC(=O)N1C[C@H]2C[C@@H](c3ccccc3C(F)(F)F)C[C@H]2C1. The molecule has 4 rings (SSSR count). The van der Waals surface area contributed by atoms with Gasteiger partial charge in [0.15, 0.2) is 0 Å². The summed E-state index contributed by atoms with van der Waals surface area (Å²) in [6, 6.07) is 8.92. The van der Waals surface area contributed by atoms with Crippen LogP contribution in [0.25, 0.3) is 5.76 Å². The van der Waals surface area contributed by atoms with E-state index in [2.05, 4.69) is 11.9 Å². The van der Waals surface area contributed by atoms with Gasteiger partial charge in [-0.1, -0.05) is 24.8 Å². The maximum absolute atomic E-state index is 13.4. The van der Waals surface area contributed by atoms with E-state index in [1.165, 1.54) is 18.2 Å². The molecule has 3 atom stereocenters. The Hall–Kier alpha value is -3.03. The summed E-state index contributed by atoms with van der Waals surface area (Å²) in [5, 5.41) is 12.3. The molecule has 0 aromatic heterocycles. The highest BCUT2D eigenvalue weighted by molar-refractivity contribution is 5.92. The number of aliphatic hydroxyl groups excluding tert-OH is 1. The van der Waals surface area contributed by atoms with Crippen LogP contribution in [0.5, 0.6) is 0 Å². The number of hydrogen-bond donors (Lipinski definition) is 2. The molecular weight excluding hydrogens is 412 g/mol. The first-order valence-corrected chi connectivity index (χ1v) is 10.0. The molecule has 2 fully saturated rings. The number of carbonyl (C=O) groups excluding carboxylic acids is 1. The second kappa shape index (κ2) is 7.90. The zero-order valence-electron chi connectivity index (χ0n) is 16.6. The second-order valence-corrected chi connectivity index (χ2v) is 8.25. The van der Waals surface area contributed by atoms with E-state index in [0.29, 0.717) is 31.5 Å². The summed E-state index contributed by atoms with van der Waals surface area (Å²) in [7, 11) is 0. The number of nitrogens with zero attached hydrogens (tertiary/aromatic N) is 1. The quantitative estimate of drug-likeness (QED) is 0.458. The molecule has 2 aromatic carbocycles. The maximum Gasteiger partial charge on any atom is 0.416 e. The topological polar surface area (TPSA) is 52.6 Å². The Morgan fingerprint density at radius 1 is 1.10 bits per heavy atom. The van der Waals surface area contributed by atoms with Crippen molar-refractivity contribution in [1.82, 2.24) is 4.90 Å². The molecule has 8 heteroatoms. The summed E-state index contributed by atoms with van der Waals surface area (Å²) < 4.78 is 53.6. The molecule has 0 radical (unpaired) electrons. The monoisotopic (exact) mass is 434 g/mol. The number of urea groups is 1. The Morgan fingerprint density at radius 2 is 1.74 bits per heavy atom. The smallest absolute Gasteiger partial charge is 0.416 e. The number of hydrogen-bond acceptors (Lipinski definition) is 2. The molecule has 1 aliphatic carbocycles. The van der Waals surface area contributed by atoms with Gasteiger partial charge in [0.1, 0.15) is 11.6 Å². The minimum Gasteiger partial charge on any atom is -0.508 e. The van der Waals surface area contributed by atoms with Crippen molar-refractivity contribution < 1.29 is 27.5 Å². The molecule has 0 spiro atoms. The standard InChI is InChI=1S/C23H22F4N2O2/c1-13(30)19-10-17(24)6-7-21(19)28-22(31)29-11-15-8-14(9-16(15)12-29)18-4-2-3-5-20(18)23(25,26)27/h2-7,10,14-16,30H,1,8-9,11-12H2,(H,28,31)/t14-,15-,16+. The van der Waals surface area contributed by atoms with Crippen molar-refractivity contribution in [2.45, 2.75) is 24.9 Å². The average Bonchev–Trinajstić information content (AvgIpc) is 3.28. The van der Waals surface area contributed by atoms with Crippen LogP contribution >= 0.6 is 0 Å². The van der Waals surface area contributed by atoms with E-state index in [1.807, 2.05) is 0 Å². The van der Waals surface area contributed by atoms with E-state index in [-0.39, 0.29) is 34.8 Å². The van der Waals surface area contributed by atoms with Gasteiger partial charge in [0.25, 0.3) is 0 Å². The van der Waals surface area contributed by atoms with Gasteiger partial charge in [-0.2, -0.15) is 13.2 Å². The minimum atomic E-state index is -4.39. The Bertz CT molecular complexity index is 1010. The predicted molar refractivity (Wildman–Crippen MR) is 109 cm³/mol. The number of amides is 2. The first-order valence-electron chi connectivity index (χ1n) is 10.0. The zero-order chi connectivity index (χ0) is 22.3. The summed E-state index contributed by atoms with van der Waals surface area (Å²) >= 11 is 0. The molecule has 2 N–H and O–H groups in total. The molecule has 2 aromatic rings. The van der Waals surface area contributed by atoms with Crippen molar-refractivity contribution in [2.24, 2.45) is 11.8 Å². The largest absolute Gasteiger partial charge is 0.508 e. The lowest BCUT2D eigenvalue weighted by molar-refractivity contribution is -0.138. The molecule has 1 aliphatic heterocycles. The number of anilines is 1. The Kier molecular flexibility index (Phi) is 5.41. The zero-order valence-corrected chi connectivity index (χ0v) is 16.6. The van der Waals surface area contributed by atoms with Gasteiger partial charge in [0.2, 0.25) is 0 Å². The number of carbonyl (C=O) groups is 1. The van der Waals surface area contributed by atoms with Crippen LogP contribution in [0, 0.1) is 17.7 Å². The molecule has 31 heavy (non-hydrogen) atoms. The van der Waals surface area contributed by atoms with Gasteiger partial charge in [-0.3, -0.25) is 0 Å². The van der Waals surface area contributed by atoms with E-state index in [0.717, 1.165) is 12.1 Å². The average molecular weight is 434 g/mol. The van der Waals surface area contributed by atoms with Crippen molar-refractivity contribution in [2.75, 3.05) is 18.4 Å². The van der Waals surface area contributed by atoms with Crippen molar-refractivity contribution in [1.29, 1.82) is 0 Å². The van der Waals surface area contributed by atoms with Crippen molar-refractivity contribution >= 4 is 17.5 Å². The van der Waals surface area contributed by atoms with Gasteiger partial charge in [-0.15, -0.1) is 0 Å². The third-order valence-corrected chi connectivity index (χ3v) is 6.28. The fourth-order valence-electron chi connectivity index (χ4n) is 4.89. The van der Waals surface area contributed by atoms with Crippen LogP contribution in [0.15, 0.2) is 49.0 Å². The number of nitrogens with one attached hydrogen (secondary N) is 1. The van der Waals surface area contributed by atoms with Crippen molar-refractivity contribution in [3.8, 4) is 0 Å². The van der Waals surface area contributed by atoms with Gasteiger partial charge in [0, 0.05) is 18.7 Å². The molecule has 4 nitrogen and oxygen atoms in total. The second-order valence-electron chi connectivity index (χ2n) is 8.25. The lowest BCUT2D eigenvalue weighted by Crippen LogP contribution is -2.34. The summed E-state index contributed by atoms with van der Waals surface area (Å²) in [5.41, 5.74) is 0.0879. The number of likely N-dealkylation sites (tertiary alicyclic amines) is 1. The highest BCUT2D eigenvalue weighted by Gasteiger charge is 2.45. The lowest BCUT2D eigenvalue weighted by Gasteiger charge is -2.22. The van der Waals surface area contributed by atoms with Crippen LogP contribution in [0.3, 0.4) is 0 Å². The Labute approximate surface area is 177 Å². The Balaban J connectivity index is 1.43. The summed E-state index contributed by atoms with van der Waals surface area (Å²) in [6.07, 6.45) is -3.20. The third-order valence-electron chi connectivity index (χ3n) is 6.28. The van der Waals surface area contributed by atoms with E-state index in [4.69, 9.17) is 0 Å². The normalized spacial score (nSPS) is 23.0. The fraction of sp³-hybridized carbons (Fsp3) is 0.348. The van der Waals surface area contributed by atoms with E-state index in [1.54, 1.807) is 17.0 Å². The molecule has 2 amide bonds. The number of fused-ring (bicyclic) bond motifs is 1. The van der Waals surface area contributed by atoms with Gasteiger partial charge in [-0.05, 0) is 60.4 Å². The maximum atomic E-state index is 13.4. The third kappa shape index (κ3) is 4.24. The Morgan fingerprint density at radius 3 is 2.35 bits per heavy atom. The van der Waals surface area contributed by atoms with Crippen LogP contribution in [-0.4, -0.2) is 29.1 Å². The predicted octanol–water partition coefficient (Wildman–Crippen LogP) is 6.03. The van der Waals surface area contributed by atoms with E-state index >= 15 is 0 Å². The summed E-state index contributed by atoms with van der Waals surface area (Å²) in [6.45, 7) is 4.27. The fourth-order valence-corrected chi connectivity index (χ4v) is 4.89. The van der Waals surface area contributed by atoms with E-state index in [9.17, 15) is 27.5 Å². The van der Waals surface area contributed by atoms with Gasteiger partial charge in [-0.25, -0.2) is 9.18 Å². The van der Waals surface area contributed by atoms with Crippen LogP contribution in [0.1, 0.15) is 35.4 Å². The molecule has 0 bridgehead atoms. The lowest BCUT2D eigenvalue weighted by atomic mass is 9.91. The molecule has 164 valence electrons. The summed E-state index contributed by atoms with van der Waals surface area (Å²) in [4.78, 5) is 14.3. The minimum absolute atomic E-state index is 0.0940. The first-order chi connectivity index (χ1) is 14.6. The molecular formula is C23H22F4N2O2. The number of benzene rings is 2. The van der Waals surface area contributed by atoms with Crippen molar-refractivity contribution in [3.63, 3.8) is 0 Å². The number of alkyl halides is 3. The van der Waals surface area contributed by atoms with Gasteiger partial charge >= 0.3 is 12.2 Å². The van der Waals surface area contributed by atoms with Gasteiger partial charge in [0.05, 0.1) is 11.3 Å². The molecule has 1 saturated carbocycles. The highest BCUT2D eigenvalue weighted by atomic mass is 19.4. The number of halogens is 4. The summed E-state index contributed by atoms with van der Waals surface area (Å²) in [5.74, 6) is -0.863. The molecule has 2 aliphatic rings. The highest BCUT2D eigenvalue weighted by Crippen LogP contribution is 2.48. The van der Waals surface area contributed by atoms with E-state index < -0.39 is 23.6 Å². The van der Waals surface area contributed by atoms with Crippen LogP contribution in [-0.2, 0) is 6.18 Å². The van der Waals surface area contributed by atoms with Crippen molar-refractivity contribution in [3.05, 3.63) is 71.6 Å². The van der Waals surface area contributed by atoms with Crippen LogP contribution in [0.2, 0.25) is 0 Å². The number of rotatable bonds is 3. The van der Waals surface area contributed by atoms with Gasteiger partial charge < -0.3 is 15.3 Å². The van der Waals surface area contributed by atoms with Crippen LogP contribution < -0.4 is 5.32 Å². The van der Waals surface area contributed by atoms with Crippen LogP contribution in [0.4, 0.5) is 28.0 Å². The molecule has 1 saturated heterocycles. The molecule has 0 unspecified atom stereocenters. The molecule has 1 heterocycles. The number of aliphatic hydroxyl groups is 1.